The summed E-state index contributed by atoms with van der Waals surface area (Å²) >= 11 is 0. The molecular formula is C2H5N3O. The van der Waals surface area contributed by atoms with Gasteiger partial charge in [-0.2, -0.15) is 11.0 Å². The normalized spacial score (nSPS) is 8.83. The zero-order valence-corrected chi connectivity index (χ0v) is 3.16. The van der Waals surface area contributed by atoms with E-state index in [0.717, 1.165) is 6.40 Å². The molecule has 0 amide bonds. The van der Waals surface area contributed by atoms with Gasteiger partial charge in [-0.05, 0) is 0 Å². The molecule has 0 aromatic carbocycles. The number of hydrogen-bond donors (Lipinski definition) is 1. The topological polar surface area (TPSA) is 60.0 Å². The highest BCUT2D eigenvalue weighted by molar-refractivity contribution is 5.45. The molecule has 0 rings (SSSR count). The molecule has 4 nitrogen and oxygen atoms in total. The Labute approximate surface area is 35.3 Å². The van der Waals surface area contributed by atoms with Crippen LogP contribution in [0.15, 0.2) is 10.2 Å². The molecule has 0 aliphatic carbocycles. The van der Waals surface area contributed by atoms with Crippen LogP contribution in [0.2, 0.25) is 0 Å². The lowest BCUT2D eigenvalue weighted by atomic mass is 11.5. The Bertz CT molecular complexity index is 59.8. The van der Waals surface area contributed by atoms with Gasteiger partial charge in [0.05, 0.1) is 0 Å². The van der Waals surface area contributed by atoms with Crippen molar-refractivity contribution in [2.45, 2.75) is 0 Å². The Morgan fingerprint density at radius 1 is 1.83 bits per heavy atom. The number of hydrogen-bond acceptors (Lipinski definition) is 4. The van der Waals surface area contributed by atoms with Crippen molar-refractivity contribution in [1.29, 1.82) is 0 Å². The number of nitrogens with zero attached hydrogens (tertiary/aromatic N) is 2. The molecule has 0 radical (unpaired) electrons. The van der Waals surface area contributed by atoms with Crippen LogP contribution in [-0.2, 0) is 4.84 Å². The van der Waals surface area contributed by atoms with E-state index in [2.05, 4.69) is 27.7 Å². The van der Waals surface area contributed by atoms with Gasteiger partial charge in [0.25, 0.3) is 0 Å². The largest absolute Gasteiger partial charge is 0.398 e. The van der Waals surface area contributed by atoms with Crippen LogP contribution in [0.4, 0.5) is 0 Å². The summed E-state index contributed by atoms with van der Waals surface area (Å²) in [6.07, 6.45) is 0.979. The minimum atomic E-state index is 0.979. The number of nitrogens with two attached hydrogens (primary N) is 1. The Hall–Kier alpha value is -0.900. The third-order valence-corrected chi connectivity index (χ3v) is 0.190. The summed E-state index contributed by atoms with van der Waals surface area (Å²) in [6.45, 7) is 3.01. The van der Waals surface area contributed by atoms with Gasteiger partial charge in [-0.3, -0.25) is 0 Å². The highest BCUT2D eigenvalue weighted by Crippen LogP contribution is 1.57. The third-order valence-electron chi connectivity index (χ3n) is 0.190. The zero-order chi connectivity index (χ0) is 4.83. The molecule has 0 fully saturated rings. The van der Waals surface area contributed by atoms with Crippen LogP contribution in [0.25, 0.3) is 0 Å². The zero-order valence-electron chi connectivity index (χ0n) is 3.16. The van der Waals surface area contributed by atoms with E-state index in [1.807, 2.05) is 0 Å². The summed E-state index contributed by atoms with van der Waals surface area (Å²) in [4.78, 5) is 3.86. The van der Waals surface area contributed by atoms with Crippen molar-refractivity contribution in [1.82, 2.24) is 0 Å². The molecule has 0 atom stereocenters. The quantitative estimate of drug-likeness (QED) is 0.281. The lowest BCUT2D eigenvalue weighted by molar-refractivity contribution is 0.336. The third kappa shape index (κ3) is 3.10. The van der Waals surface area contributed by atoms with Gasteiger partial charge in [-0.1, -0.05) is 0 Å². The molecule has 4 heteroatoms. The molecule has 0 unspecified atom stereocenters. The first-order valence-corrected chi connectivity index (χ1v) is 1.25. The van der Waals surface area contributed by atoms with Gasteiger partial charge >= 0.3 is 0 Å². The van der Waals surface area contributed by atoms with E-state index < -0.39 is 0 Å². The summed E-state index contributed by atoms with van der Waals surface area (Å²) in [6, 6.07) is 0. The minimum Gasteiger partial charge on any atom is -0.398 e. The highest BCUT2D eigenvalue weighted by atomic mass is 16.6. The van der Waals surface area contributed by atoms with E-state index in [-0.39, 0.29) is 0 Å². The molecule has 0 aliphatic rings. The summed E-state index contributed by atoms with van der Waals surface area (Å²) in [5.41, 5.74) is 0. The van der Waals surface area contributed by atoms with E-state index >= 15 is 0 Å². The standard InChI is InChI=1S/C2H5N3O/c1-4-5-2-6-3/h2H,1,3H2/b5-2-. The fraction of sp³-hybridized carbons (Fsp3) is 0. The lowest BCUT2D eigenvalue weighted by Gasteiger charge is -1.75. The predicted octanol–water partition coefficient (Wildman–Crippen LogP) is -0.479. The predicted molar refractivity (Wildman–Crippen MR) is 23.3 cm³/mol. The van der Waals surface area contributed by atoms with E-state index in [4.69, 9.17) is 0 Å². The maximum atomic E-state index is 4.48. The van der Waals surface area contributed by atoms with E-state index in [1.165, 1.54) is 0 Å². The van der Waals surface area contributed by atoms with Crippen LogP contribution in [-0.4, -0.2) is 13.1 Å². The van der Waals surface area contributed by atoms with Crippen LogP contribution in [0.1, 0.15) is 0 Å². The Kier molecular flexibility index (Phi) is 3.48. The average molecular weight is 87.1 g/mol. The Morgan fingerprint density at radius 2 is 2.50 bits per heavy atom. The van der Waals surface area contributed by atoms with Crippen molar-refractivity contribution in [3.8, 4) is 0 Å². The highest BCUT2D eigenvalue weighted by Gasteiger charge is 1.53. The van der Waals surface area contributed by atoms with E-state index in [9.17, 15) is 0 Å². The molecule has 0 bridgehead atoms. The monoisotopic (exact) mass is 87.0 g/mol. The molecule has 0 aromatic heterocycles. The number of rotatable bonds is 2. The maximum Gasteiger partial charge on any atom is 0.220 e. The van der Waals surface area contributed by atoms with Gasteiger partial charge in [0.15, 0.2) is 0 Å². The van der Waals surface area contributed by atoms with Gasteiger partial charge in [0.1, 0.15) is 0 Å². The molecule has 0 spiro atoms. The van der Waals surface area contributed by atoms with Crippen molar-refractivity contribution in [3.05, 3.63) is 0 Å². The molecule has 0 aromatic rings. The van der Waals surface area contributed by atoms with E-state index in [0.29, 0.717) is 0 Å². The first-order valence-electron chi connectivity index (χ1n) is 1.25. The minimum absolute atomic E-state index is 0.979. The van der Waals surface area contributed by atoms with Gasteiger partial charge in [-0.15, -0.1) is 5.10 Å². The molecule has 0 saturated heterocycles. The summed E-state index contributed by atoms with van der Waals surface area (Å²) in [7, 11) is 0. The Balaban J connectivity index is 2.94. The van der Waals surface area contributed by atoms with Crippen LogP contribution >= 0.6 is 0 Å². The molecule has 2 N–H and O–H groups in total. The first-order chi connectivity index (χ1) is 2.91. The second-order valence-electron chi connectivity index (χ2n) is 0.498. The second-order valence-corrected chi connectivity index (χ2v) is 0.498. The molecule has 0 aliphatic heterocycles. The van der Waals surface area contributed by atoms with Gasteiger partial charge in [0, 0.05) is 6.72 Å². The summed E-state index contributed by atoms with van der Waals surface area (Å²) < 4.78 is 0. The van der Waals surface area contributed by atoms with Gasteiger partial charge < -0.3 is 4.84 Å². The van der Waals surface area contributed by atoms with Crippen LogP contribution < -0.4 is 5.90 Å². The van der Waals surface area contributed by atoms with Crippen molar-refractivity contribution < 1.29 is 4.84 Å². The van der Waals surface area contributed by atoms with Crippen molar-refractivity contribution >= 4 is 13.1 Å². The maximum absolute atomic E-state index is 4.48. The Morgan fingerprint density at radius 3 is 2.67 bits per heavy atom. The fourth-order valence-electron chi connectivity index (χ4n) is 0.0605. The van der Waals surface area contributed by atoms with E-state index in [1.54, 1.807) is 0 Å². The SMILES string of the molecule is C=N/N=C\ON. The molecule has 0 saturated carbocycles. The molecule has 34 valence electrons. The van der Waals surface area contributed by atoms with Crippen molar-refractivity contribution in [2.24, 2.45) is 16.1 Å². The fourth-order valence-corrected chi connectivity index (χ4v) is 0.0605. The van der Waals surface area contributed by atoms with Crippen molar-refractivity contribution in [2.75, 3.05) is 0 Å². The average Bonchev–Trinajstić information content (AvgIpc) is 1.61. The lowest BCUT2D eigenvalue weighted by Crippen LogP contribution is -1.92. The van der Waals surface area contributed by atoms with Crippen LogP contribution in [0.3, 0.4) is 0 Å². The smallest absolute Gasteiger partial charge is 0.220 e. The summed E-state index contributed by atoms with van der Waals surface area (Å²) in [5, 5.41) is 6.17. The second kappa shape index (κ2) is 4.10. The summed E-state index contributed by atoms with van der Waals surface area (Å²) in [5.74, 6) is 4.48. The van der Waals surface area contributed by atoms with Crippen molar-refractivity contribution in [3.63, 3.8) is 0 Å². The van der Waals surface area contributed by atoms with Crippen LogP contribution in [0, 0.1) is 0 Å². The van der Waals surface area contributed by atoms with Gasteiger partial charge in [-0.25, -0.2) is 0 Å². The molecule has 6 heavy (non-hydrogen) atoms. The first kappa shape index (κ1) is 5.10. The molecular weight excluding hydrogens is 82.0 g/mol. The van der Waals surface area contributed by atoms with Gasteiger partial charge in [0.2, 0.25) is 6.40 Å². The molecule has 0 heterocycles. The van der Waals surface area contributed by atoms with Crippen LogP contribution in [0.5, 0.6) is 0 Å².